The van der Waals surface area contributed by atoms with Gasteiger partial charge in [0.1, 0.15) is 5.82 Å². The molecule has 3 nitrogen and oxygen atoms in total. The first-order chi connectivity index (χ1) is 11.5. The molecule has 3 aromatic rings. The van der Waals surface area contributed by atoms with Crippen molar-refractivity contribution >= 4 is 11.8 Å². The van der Waals surface area contributed by atoms with Crippen LogP contribution in [0, 0.1) is 5.82 Å². The first-order valence-electron chi connectivity index (χ1n) is 7.91. The zero-order valence-corrected chi connectivity index (χ0v) is 14.8. The number of hydrogen-bond acceptors (Lipinski definition) is 3. The number of hydrogen-bond donors (Lipinski definition) is 0. The average molecular weight is 341 g/mol. The molecular formula is C19H20FN3S. The van der Waals surface area contributed by atoms with Crippen LogP contribution >= 0.6 is 11.8 Å². The van der Waals surface area contributed by atoms with Gasteiger partial charge in [0.05, 0.1) is 0 Å². The minimum Gasteiger partial charge on any atom is -0.305 e. The summed E-state index contributed by atoms with van der Waals surface area (Å²) in [7, 11) is 1.96. The fourth-order valence-corrected chi connectivity index (χ4v) is 3.34. The van der Waals surface area contributed by atoms with Crippen molar-refractivity contribution < 1.29 is 4.39 Å². The van der Waals surface area contributed by atoms with Gasteiger partial charge in [-0.25, -0.2) is 4.39 Å². The SMILES string of the molecule is CC(C)c1ccc(-c2nnc(SCc3cccc(F)c3)n2C)cc1. The van der Waals surface area contributed by atoms with Crippen LogP contribution in [0.3, 0.4) is 0 Å². The van der Waals surface area contributed by atoms with Gasteiger partial charge in [-0.2, -0.15) is 0 Å². The van der Waals surface area contributed by atoms with E-state index < -0.39 is 0 Å². The van der Waals surface area contributed by atoms with E-state index >= 15 is 0 Å². The Morgan fingerprint density at radius 3 is 2.50 bits per heavy atom. The van der Waals surface area contributed by atoms with Crippen molar-refractivity contribution in [2.75, 3.05) is 0 Å². The van der Waals surface area contributed by atoms with E-state index in [0.717, 1.165) is 22.1 Å². The zero-order valence-electron chi connectivity index (χ0n) is 14.0. The maximum atomic E-state index is 13.2. The van der Waals surface area contributed by atoms with Gasteiger partial charge in [-0.05, 0) is 29.2 Å². The number of halogens is 1. The maximum Gasteiger partial charge on any atom is 0.191 e. The zero-order chi connectivity index (χ0) is 17.1. The van der Waals surface area contributed by atoms with E-state index in [0.29, 0.717) is 11.7 Å². The fraction of sp³-hybridized carbons (Fsp3) is 0.263. The van der Waals surface area contributed by atoms with Crippen molar-refractivity contribution in [3.63, 3.8) is 0 Å². The van der Waals surface area contributed by atoms with Crippen LogP contribution in [0.4, 0.5) is 4.39 Å². The Bertz CT molecular complexity index is 825. The van der Waals surface area contributed by atoms with Crippen molar-refractivity contribution in [2.24, 2.45) is 7.05 Å². The monoisotopic (exact) mass is 341 g/mol. The predicted octanol–water partition coefficient (Wildman–Crippen LogP) is 5.04. The minimum atomic E-state index is -0.211. The number of benzene rings is 2. The highest BCUT2D eigenvalue weighted by atomic mass is 32.2. The summed E-state index contributed by atoms with van der Waals surface area (Å²) in [5, 5.41) is 9.40. The summed E-state index contributed by atoms with van der Waals surface area (Å²) in [4.78, 5) is 0. The highest BCUT2D eigenvalue weighted by Crippen LogP contribution is 2.26. The molecular weight excluding hydrogens is 321 g/mol. The van der Waals surface area contributed by atoms with E-state index in [1.54, 1.807) is 23.9 Å². The van der Waals surface area contributed by atoms with Crippen LogP contribution in [-0.4, -0.2) is 14.8 Å². The number of rotatable bonds is 5. The maximum absolute atomic E-state index is 13.2. The van der Waals surface area contributed by atoms with Gasteiger partial charge in [0.2, 0.25) is 0 Å². The topological polar surface area (TPSA) is 30.7 Å². The van der Waals surface area contributed by atoms with E-state index in [1.165, 1.54) is 11.6 Å². The lowest BCUT2D eigenvalue weighted by molar-refractivity contribution is 0.626. The van der Waals surface area contributed by atoms with Crippen LogP contribution in [0.1, 0.15) is 30.9 Å². The summed E-state index contributed by atoms with van der Waals surface area (Å²) in [6.45, 7) is 4.36. The molecule has 0 atom stereocenters. The normalized spacial score (nSPS) is 11.2. The van der Waals surface area contributed by atoms with E-state index in [2.05, 4.69) is 48.3 Å². The summed E-state index contributed by atoms with van der Waals surface area (Å²) >= 11 is 1.56. The molecule has 3 rings (SSSR count). The molecule has 24 heavy (non-hydrogen) atoms. The Morgan fingerprint density at radius 2 is 1.83 bits per heavy atom. The molecule has 0 bridgehead atoms. The first-order valence-corrected chi connectivity index (χ1v) is 8.90. The summed E-state index contributed by atoms with van der Waals surface area (Å²) in [6.07, 6.45) is 0. The number of aromatic nitrogens is 3. The van der Waals surface area contributed by atoms with E-state index in [4.69, 9.17) is 0 Å². The highest BCUT2D eigenvalue weighted by molar-refractivity contribution is 7.98. The molecule has 5 heteroatoms. The Labute approximate surface area is 145 Å². The Kier molecular flexibility index (Phi) is 5.00. The Morgan fingerprint density at radius 1 is 1.08 bits per heavy atom. The van der Waals surface area contributed by atoms with Crippen molar-refractivity contribution in [3.8, 4) is 11.4 Å². The van der Waals surface area contributed by atoms with Gasteiger partial charge in [-0.1, -0.05) is 62.0 Å². The van der Waals surface area contributed by atoms with Gasteiger partial charge >= 0.3 is 0 Å². The molecule has 2 aromatic carbocycles. The van der Waals surface area contributed by atoms with Crippen molar-refractivity contribution in [2.45, 2.75) is 30.7 Å². The molecule has 0 aliphatic heterocycles. The molecule has 0 aliphatic carbocycles. The van der Waals surface area contributed by atoms with Crippen LogP contribution in [0.25, 0.3) is 11.4 Å². The van der Waals surface area contributed by atoms with Gasteiger partial charge in [-0.3, -0.25) is 0 Å². The van der Waals surface area contributed by atoms with E-state index in [9.17, 15) is 4.39 Å². The molecule has 0 fully saturated rings. The van der Waals surface area contributed by atoms with Gasteiger partial charge in [-0.15, -0.1) is 10.2 Å². The summed E-state index contributed by atoms with van der Waals surface area (Å²) < 4.78 is 15.2. The molecule has 0 spiro atoms. The molecule has 1 heterocycles. The van der Waals surface area contributed by atoms with Crippen LogP contribution in [0.15, 0.2) is 53.7 Å². The van der Waals surface area contributed by atoms with Crippen molar-refractivity contribution in [1.82, 2.24) is 14.8 Å². The third kappa shape index (κ3) is 3.67. The average Bonchev–Trinajstić information content (AvgIpc) is 2.94. The molecule has 0 saturated carbocycles. The lowest BCUT2D eigenvalue weighted by atomic mass is 10.0. The van der Waals surface area contributed by atoms with E-state index in [1.807, 2.05) is 17.7 Å². The third-order valence-corrected chi connectivity index (χ3v) is 5.02. The second-order valence-corrected chi connectivity index (χ2v) is 7.00. The molecule has 0 N–H and O–H groups in total. The molecule has 0 amide bonds. The molecule has 124 valence electrons. The lowest BCUT2D eigenvalue weighted by Gasteiger charge is -2.07. The molecule has 0 saturated heterocycles. The second-order valence-electron chi connectivity index (χ2n) is 6.06. The molecule has 0 radical (unpaired) electrons. The predicted molar refractivity (Wildman–Crippen MR) is 96.5 cm³/mol. The molecule has 0 aliphatic rings. The summed E-state index contributed by atoms with van der Waals surface area (Å²) in [5.74, 6) is 1.80. The summed E-state index contributed by atoms with van der Waals surface area (Å²) in [6, 6.07) is 15.1. The largest absolute Gasteiger partial charge is 0.305 e. The Balaban J connectivity index is 1.76. The standard InChI is InChI=1S/C19H20FN3S/c1-13(2)15-7-9-16(10-8-15)18-21-22-19(23(18)3)24-12-14-5-4-6-17(20)11-14/h4-11,13H,12H2,1-3H3. The summed E-state index contributed by atoms with van der Waals surface area (Å²) in [5.41, 5.74) is 3.29. The quantitative estimate of drug-likeness (QED) is 0.609. The Hall–Kier alpha value is -2.14. The van der Waals surface area contributed by atoms with Gasteiger partial charge in [0, 0.05) is 18.4 Å². The smallest absolute Gasteiger partial charge is 0.191 e. The van der Waals surface area contributed by atoms with Crippen LogP contribution in [0.2, 0.25) is 0 Å². The number of nitrogens with zero attached hydrogens (tertiary/aromatic N) is 3. The highest BCUT2D eigenvalue weighted by Gasteiger charge is 2.12. The first kappa shape index (κ1) is 16.7. The molecule has 0 unspecified atom stereocenters. The minimum absolute atomic E-state index is 0.211. The fourth-order valence-electron chi connectivity index (χ4n) is 2.48. The third-order valence-electron chi connectivity index (χ3n) is 3.93. The van der Waals surface area contributed by atoms with Crippen LogP contribution in [-0.2, 0) is 12.8 Å². The van der Waals surface area contributed by atoms with Gasteiger partial charge < -0.3 is 4.57 Å². The van der Waals surface area contributed by atoms with Gasteiger partial charge in [0.15, 0.2) is 11.0 Å². The lowest BCUT2D eigenvalue weighted by Crippen LogP contribution is -1.96. The van der Waals surface area contributed by atoms with Crippen molar-refractivity contribution in [3.05, 3.63) is 65.5 Å². The number of thioether (sulfide) groups is 1. The van der Waals surface area contributed by atoms with Crippen LogP contribution in [0.5, 0.6) is 0 Å². The second kappa shape index (κ2) is 7.18. The van der Waals surface area contributed by atoms with Crippen LogP contribution < -0.4 is 0 Å². The molecule has 1 aromatic heterocycles. The van der Waals surface area contributed by atoms with Crippen molar-refractivity contribution in [1.29, 1.82) is 0 Å². The van der Waals surface area contributed by atoms with E-state index in [-0.39, 0.29) is 5.82 Å². The van der Waals surface area contributed by atoms with Gasteiger partial charge in [0.25, 0.3) is 0 Å².